The summed E-state index contributed by atoms with van der Waals surface area (Å²) >= 11 is 0. The Morgan fingerprint density at radius 3 is 2.88 bits per heavy atom. The minimum absolute atomic E-state index is 0.197. The summed E-state index contributed by atoms with van der Waals surface area (Å²) in [4.78, 5) is 0. The van der Waals surface area contributed by atoms with E-state index in [4.69, 9.17) is 10.2 Å². The number of aliphatic hydroxyl groups is 1. The number of nitrogens with one attached hydrogen (secondary N) is 1. The van der Waals surface area contributed by atoms with E-state index in [1.807, 2.05) is 42.5 Å². The second-order valence-electron chi connectivity index (χ2n) is 7.97. The number of benzene rings is 2. The average Bonchev–Trinajstić information content (AvgIpc) is 3.06. The molecule has 2 aliphatic rings. The Labute approximate surface area is 153 Å². The highest BCUT2D eigenvalue weighted by atomic mass is 16.3. The summed E-state index contributed by atoms with van der Waals surface area (Å²) in [6.45, 7) is 1.62. The van der Waals surface area contributed by atoms with Gasteiger partial charge in [0.2, 0.25) is 0 Å². The topological polar surface area (TPSA) is 71.4 Å². The van der Waals surface area contributed by atoms with Gasteiger partial charge in [-0.25, -0.2) is 0 Å². The first kappa shape index (κ1) is 15.9. The molecule has 2 heterocycles. The van der Waals surface area contributed by atoms with E-state index in [1.54, 1.807) is 0 Å². The van der Waals surface area contributed by atoms with E-state index in [2.05, 4.69) is 17.4 Å². The van der Waals surface area contributed by atoms with Gasteiger partial charge in [-0.05, 0) is 42.7 Å². The van der Waals surface area contributed by atoms with Crippen molar-refractivity contribution in [3.8, 4) is 0 Å². The van der Waals surface area contributed by atoms with Crippen molar-refractivity contribution in [2.24, 2.45) is 11.3 Å². The third-order valence-electron chi connectivity index (χ3n) is 6.54. The first-order valence-electron chi connectivity index (χ1n) is 9.37. The number of nitrogen functional groups attached to an aromatic ring is 1. The Morgan fingerprint density at radius 1 is 1.15 bits per heavy atom. The molecule has 2 fully saturated rings. The van der Waals surface area contributed by atoms with Crippen molar-refractivity contribution in [1.29, 1.82) is 0 Å². The van der Waals surface area contributed by atoms with Crippen LogP contribution in [0.1, 0.15) is 24.2 Å². The van der Waals surface area contributed by atoms with Crippen molar-refractivity contribution in [3.63, 3.8) is 0 Å². The van der Waals surface area contributed by atoms with Crippen LogP contribution < -0.4 is 11.1 Å². The Morgan fingerprint density at radius 2 is 2.04 bits per heavy atom. The number of fused-ring (bicyclic) bond motifs is 3. The van der Waals surface area contributed by atoms with Crippen molar-refractivity contribution in [3.05, 3.63) is 65.9 Å². The number of para-hydroxylation sites is 1. The highest BCUT2D eigenvalue weighted by Gasteiger charge is 2.62. The van der Waals surface area contributed by atoms with Gasteiger partial charge in [-0.3, -0.25) is 0 Å². The molecule has 3 aromatic rings. The molecule has 1 aliphatic carbocycles. The average molecular weight is 348 g/mol. The maximum atomic E-state index is 12.0. The zero-order valence-corrected chi connectivity index (χ0v) is 14.7. The van der Waals surface area contributed by atoms with Crippen molar-refractivity contribution >= 4 is 16.7 Å². The highest BCUT2D eigenvalue weighted by Crippen LogP contribution is 2.59. The van der Waals surface area contributed by atoms with E-state index in [9.17, 15) is 5.11 Å². The van der Waals surface area contributed by atoms with E-state index >= 15 is 0 Å². The zero-order chi connectivity index (χ0) is 17.8. The summed E-state index contributed by atoms with van der Waals surface area (Å²) < 4.78 is 6.11. The van der Waals surface area contributed by atoms with Gasteiger partial charge in [0.05, 0.1) is 0 Å². The van der Waals surface area contributed by atoms with Gasteiger partial charge < -0.3 is 20.6 Å². The number of anilines is 1. The fourth-order valence-corrected chi connectivity index (χ4v) is 5.30. The van der Waals surface area contributed by atoms with E-state index in [0.29, 0.717) is 5.69 Å². The third-order valence-corrected chi connectivity index (χ3v) is 6.54. The summed E-state index contributed by atoms with van der Waals surface area (Å²) in [6, 6.07) is 18.0. The molecular formula is C22H24N2O2. The zero-order valence-electron chi connectivity index (χ0n) is 14.7. The van der Waals surface area contributed by atoms with Crippen LogP contribution in [0.25, 0.3) is 11.0 Å². The van der Waals surface area contributed by atoms with Gasteiger partial charge >= 0.3 is 0 Å². The van der Waals surface area contributed by atoms with Crippen LogP contribution in [0.4, 0.5) is 5.69 Å². The van der Waals surface area contributed by atoms with Gasteiger partial charge in [-0.15, -0.1) is 0 Å². The summed E-state index contributed by atoms with van der Waals surface area (Å²) in [5.41, 5.74) is 7.43. The lowest BCUT2D eigenvalue weighted by Gasteiger charge is -2.49. The van der Waals surface area contributed by atoms with Gasteiger partial charge in [0.1, 0.15) is 16.9 Å². The fourth-order valence-electron chi connectivity index (χ4n) is 5.30. The number of nitrogens with two attached hydrogens (primary N) is 1. The summed E-state index contributed by atoms with van der Waals surface area (Å²) in [5, 5.41) is 16.7. The maximum absolute atomic E-state index is 12.0. The SMILES string of the molecule is Nc1cccc(C2(O)C3CCC2(Cc2cc4ccccc4o2)CNC3)c1. The van der Waals surface area contributed by atoms with Crippen LogP contribution in [-0.2, 0) is 12.0 Å². The van der Waals surface area contributed by atoms with Gasteiger partial charge in [0.25, 0.3) is 0 Å². The molecule has 2 bridgehead atoms. The minimum atomic E-state index is -0.882. The van der Waals surface area contributed by atoms with E-state index in [-0.39, 0.29) is 11.3 Å². The first-order valence-corrected chi connectivity index (χ1v) is 9.37. The molecule has 4 heteroatoms. The Balaban J connectivity index is 1.60. The minimum Gasteiger partial charge on any atom is -0.461 e. The van der Waals surface area contributed by atoms with Gasteiger partial charge in [-0.1, -0.05) is 30.3 Å². The molecule has 1 saturated heterocycles. The second kappa shape index (κ2) is 5.60. The lowest BCUT2D eigenvalue weighted by Crippen LogP contribution is -2.58. The van der Waals surface area contributed by atoms with E-state index < -0.39 is 5.60 Å². The molecule has 26 heavy (non-hydrogen) atoms. The highest BCUT2D eigenvalue weighted by molar-refractivity contribution is 5.77. The van der Waals surface area contributed by atoms with E-state index in [0.717, 1.165) is 54.6 Å². The predicted octanol–water partition coefficient (Wildman–Crippen LogP) is 3.44. The molecule has 4 N–H and O–H groups in total. The molecule has 134 valence electrons. The fraction of sp³-hybridized carbons (Fsp3) is 0.364. The van der Waals surface area contributed by atoms with Gasteiger partial charge in [0, 0.05) is 41.9 Å². The Bertz CT molecular complexity index is 928. The molecule has 1 aromatic heterocycles. The molecule has 4 nitrogen and oxygen atoms in total. The Hall–Kier alpha value is -2.30. The van der Waals surface area contributed by atoms with Crippen molar-refractivity contribution < 1.29 is 9.52 Å². The van der Waals surface area contributed by atoms with Gasteiger partial charge in [0.15, 0.2) is 0 Å². The molecule has 3 unspecified atom stereocenters. The lowest BCUT2D eigenvalue weighted by atomic mass is 9.63. The van der Waals surface area contributed by atoms with Gasteiger partial charge in [-0.2, -0.15) is 0 Å². The predicted molar refractivity (Wildman–Crippen MR) is 103 cm³/mol. The number of hydrogen-bond donors (Lipinski definition) is 3. The van der Waals surface area contributed by atoms with Crippen LogP contribution in [0.2, 0.25) is 0 Å². The summed E-state index contributed by atoms with van der Waals surface area (Å²) in [5.74, 6) is 1.14. The van der Waals surface area contributed by atoms with Crippen LogP contribution in [0.3, 0.4) is 0 Å². The number of rotatable bonds is 3. The normalized spacial score (nSPS) is 30.7. The van der Waals surface area contributed by atoms with Crippen LogP contribution in [0.15, 0.2) is 59.0 Å². The molecular weight excluding hydrogens is 324 g/mol. The Kier molecular flexibility index (Phi) is 3.43. The number of piperidine rings is 1. The molecule has 1 aliphatic heterocycles. The molecule has 5 rings (SSSR count). The quantitative estimate of drug-likeness (QED) is 0.634. The van der Waals surface area contributed by atoms with E-state index in [1.165, 1.54) is 0 Å². The smallest absolute Gasteiger partial charge is 0.134 e. The monoisotopic (exact) mass is 348 g/mol. The molecule has 0 spiro atoms. The van der Waals surface area contributed by atoms with Crippen molar-refractivity contribution in [2.75, 3.05) is 18.8 Å². The lowest BCUT2D eigenvalue weighted by molar-refractivity contribution is -0.116. The van der Waals surface area contributed by atoms with Crippen molar-refractivity contribution in [1.82, 2.24) is 5.32 Å². The third kappa shape index (κ3) is 2.15. The van der Waals surface area contributed by atoms with Crippen LogP contribution in [-0.4, -0.2) is 18.2 Å². The maximum Gasteiger partial charge on any atom is 0.134 e. The first-order chi connectivity index (χ1) is 12.6. The summed E-state index contributed by atoms with van der Waals surface area (Å²) in [6.07, 6.45) is 2.71. The van der Waals surface area contributed by atoms with Crippen LogP contribution in [0, 0.1) is 11.3 Å². The molecule has 1 saturated carbocycles. The molecule has 0 radical (unpaired) electrons. The van der Waals surface area contributed by atoms with Crippen LogP contribution >= 0.6 is 0 Å². The molecule has 0 amide bonds. The number of furan rings is 1. The number of hydrogen-bond acceptors (Lipinski definition) is 4. The summed E-state index contributed by atoms with van der Waals surface area (Å²) in [7, 11) is 0. The largest absolute Gasteiger partial charge is 0.461 e. The molecule has 3 atom stereocenters. The molecule has 2 aromatic carbocycles. The van der Waals surface area contributed by atoms with Crippen molar-refractivity contribution in [2.45, 2.75) is 24.9 Å². The second-order valence-corrected chi connectivity index (χ2v) is 7.97. The van der Waals surface area contributed by atoms with Crippen LogP contribution in [0.5, 0.6) is 0 Å². The standard InChI is InChI=1S/C22H24N2O2/c23-18-6-3-5-16(11-18)22(25)17-8-9-21(22,14-24-13-17)12-19-10-15-4-1-2-7-20(15)26-19/h1-7,10-11,17,24-25H,8-9,12-14,23H2.